The van der Waals surface area contributed by atoms with Gasteiger partial charge in [0.15, 0.2) is 5.96 Å². The molecule has 0 aromatic rings. The van der Waals surface area contributed by atoms with Crippen molar-refractivity contribution in [2.24, 2.45) is 33.7 Å². The molecule has 5 amide bonds. The number of hydrogen-bond donors (Lipinski definition) is 10. The highest BCUT2D eigenvalue weighted by atomic mass is 32.1. The second-order valence-electron chi connectivity index (χ2n) is 7.44. The predicted octanol–water partition coefficient (Wildman–Crippen LogP) is -5.02. The Bertz CT molecular complexity index is 820. The number of guanidine groups is 1. The summed E-state index contributed by atoms with van der Waals surface area (Å²) in [7, 11) is 0. The third-order valence-corrected chi connectivity index (χ3v) is 4.81. The summed E-state index contributed by atoms with van der Waals surface area (Å²) < 4.78 is 0. The van der Waals surface area contributed by atoms with Gasteiger partial charge in [-0.3, -0.25) is 29.0 Å². The highest BCUT2D eigenvalue weighted by Gasteiger charge is 2.30. The van der Waals surface area contributed by atoms with Crippen LogP contribution in [-0.2, 0) is 28.8 Å². The number of carbonyl (C=O) groups is 6. The van der Waals surface area contributed by atoms with Crippen LogP contribution < -0.4 is 44.6 Å². The lowest BCUT2D eigenvalue weighted by molar-refractivity contribution is -0.142. The number of nitrogens with one attached hydrogen (secondary N) is 3. The van der Waals surface area contributed by atoms with Crippen molar-refractivity contribution in [3.63, 3.8) is 0 Å². The normalized spacial score (nSPS) is 13.9. The molecule has 16 nitrogen and oxygen atoms in total. The van der Waals surface area contributed by atoms with Crippen molar-refractivity contribution in [1.29, 1.82) is 0 Å². The van der Waals surface area contributed by atoms with Gasteiger partial charge in [0.1, 0.15) is 18.1 Å². The monoisotopic (exact) mass is 519 g/mol. The second-order valence-corrected chi connectivity index (χ2v) is 7.80. The third-order valence-electron chi connectivity index (χ3n) is 4.45. The number of carboxylic acid groups (broad SMARTS) is 1. The number of thiol groups is 1. The van der Waals surface area contributed by atoms with E-state index in [1.807, 2.05) is 0 Å². The number of amides is 5. The van der Waals surface area contributed by atoms with E-state index in [4.69, 9.17) is 28.7 Å². The molecule has 0 heterocycles. The van der Waals surface area contributed by atoms with E-state index < -0.39 is 66.1 Å². The Kier molecular flexibility index (Phi) is 14.4. The van der Waals surface area contributed by atoms with Crippen molar-refractivity contribution in [3.05, 3.63) is 0 Å². The minimum atomic E-state index is -1.43. The Morgan fingerprint density at radius 3 is 1.83 bits per heavy atom. The molecule has 0 aliphatic rings. The molecule has 14 N–H and O–H groups in total. The van der Waals surface area contributed by atoms with Gasteiger partial charge in [0, 0.05) is 18.7 Å². The number of aliphatic imine (C=N–C) groups is 1. The maximum absolute atomic E-state index is 12.8. The number of nitrogens with zero attached hydrogens (tertiary/aromatic N) is 1. The molecule has 0 aliphatic heterocycles. The Balaban J connectivity index is 5.38. The topological polar surface area (TPSA) is 301 Å². The van der Waals surface area contributed by atoms with Crippen LogP contribution in [0.4, 0.5) is 0 Å². The third kappa shape index (κ3) is 13.6. The van der Waals surface area contributed by atoms with Gasteiger partial charge in [-0.1, -0.05) is 0 Å². The van der Waals surface area contributed by atoms with Gasteiger partial charge in [-0.05, 0) is 19.3 Å². The summed E-state index contributed by atoms with van der Waals surface area (Å²) in [6, 6.07) is -5.25. The average molecular weight is 520 g/mol. The molecule has 0 fully saturated rings. The predicted molar refractivity (Wildman–Crippen MR) is 127 cm³/mol. The highest BCUT2D eigenvalue weighted by Crippen LogP contribution is 2.04. The molecule has 0 bridgehead atoms. The first-order chi connectivity index (χ1) is 16.3. The van der Waals surface area contributed by atoms with Crippen molar-refractivity contribution >= 4 is 54.1 Å². The standard InChI is InChI=1S/C18H33N9O7S/c19-8(6-13(21)29)14(30)25-9(2-1-5-24-18(22)23)15(31)27-11(7-35)16(32)26-10(17(33)34)3-4-12(20)28/h8-11,35H,1-7,19H2,(H2,20,28)(H2,21,29)(H,25,30)(H,26,32)(H,27,31)(H,33,34)(H4,22,23,24). The van der Waals surface area contributed by atoms with Crippen LogP contribution in [0.2, 0.25) is 0 Å². The minimum absolute atomic E-state index is 0.0227. The molecule has 0 radical (unpaired) electrons. The number of aliphatic carboxylic acids is 1. The number of nitrogens with two attached hydrogens (primary N) is 5. The zero-order chi connectivity index (χ0) is 27.1. The lowest BCUT2D eigenvalue weighted by Gasteiger charge is -2.24. The van der Waals surface area contributed by atoms with Crippen LogP contribution in [0.5, 0.6) is 0 Å². The molecule has 0 rings (SSSR count). The highest BCUT2D eigenvalue weighted by molar-refractivity contribution is 7.80. The van der Waals surface area contributed by atoms with E-state index in [9.17, 15) is 33.9 Å². The van der Waals surface area contributed by atoms with Gasteiger partial charge in [-0.15, -0.1) is 0 Å². The second kappa shape index (κ2) is 16.1. The first kappa shape index (κ1) is 31.4. The Morgan fingerprint density at radius 1 is 0.800 bits per heavy atom. The van der Waals surface area contributed by atoms with Crippen LogP contribution in [0.15, 0.2) is 4.99 Å². The average Bonchev–Trinajstić information content (AvgIpc) is 2.75. The lowest BCUT2D eigenvalue weighted by atomic mass is 10.1. The van der Waals surface area contributed by atoms with E-state index in [1.165, 1.54) is 0 Å². The Labute approximate surface area is 206 Å². The van der Waals surface area contributed by atoms with E-state index in [-0.39, 0.29) is 43.9 Å². The fraction of sp³-hybridized carbons (Fsp3) is 0.611. The van der Waals surface area contributed by atoms with Crippen molar-refractivity contribution < 1.29 is 33.9 Å². The summed E-state index contributed by atoms with van der Waals surface area (Å²) in [6.07, 6.45) is -0.741. The van der Waals surface area contributed by atoms with E-state index in [2.05, 4.69) is 33.6 Å². The maximum Gasteiger partial charge on any atom is 0.326 e. The van der Waals surface area contributed by atoms with Crippen molar-refractivity contribution in [2.75, 3.05) is 12.3 Å². The zero-order valence-electron chi connectivity index (χ0n) is 18.9. The van der Waals surface area contributed by atoms with Gasteiger partial charge < -0.3 is 49.7 Å². The quantitative estimate of drug-likeness (QED) is 0.0377. The van der Waals surface area contributed by atoms with E-state index in [0.29, 0.717) is 0 Å². The molecule has 198 valence electrons. The Morgan fingerprint density at radius 2 is 1.34 bits per heavy atom. The van der Waals surface area contributed by atoms with Gasteiger partial charge in [-0.25, -0.2) is 4.79 Å². The molecule has 0 spiro atoms. The van der Waals surface area contributed by atoms with E-state index >= 15 is 0 Å². The minimum Gasteiger partial charge on any atom is -0.480 e. The van der Waals surface area contributed by atoms with E-state index in [0.717, 1.165) is 0 Å². The number of carbonyl (C=O) groups excluding carboxylic acids is 5. The number of primary amides is 2. The molecule has 0 aliphatic carbocycles. The van der Waals surface area contributed by atoms with E-state index in [1.54, 1.807) is 0 Å². The lowest BCUT2D eigenvalue weighted by Crippen LogP contribution is -2.57. The summed E-state index contributed by atoms with van der Waals surface area (Å²) in [6.45, 7) is 0.131. The van der Waals surface area contributed by atoms with Crippen LogP contribution in [0.1, 0.15) is 32.1 Å². The fourth-order valence-corrected chi connectivity index (χ4v) is 2.90. The number of hydrogen-bond acceptors (Lipinski definition) is 9. The molecule has 0 aromatic heterocycles. The Hall–Kier alpha value is -3.60. The largest absolute Gasteiger partial charge is 0.480 e. The van der Waals surface area contributed by atoms with Crippen LogP contribution in [0, 0.1) is 0 Å². The first-order valence-corrected chi connectivity index (χ1v) is 11.0. The van der Waals surface area contributed by atoms with Crippen molar-refractivity contribution in [1.82, 2.24) is 16.0 Å². The molecule has 0 aromatic carbocycles. The molecule has 0 saturated heterocycles. The summed E-state index contributed by atoms with van der Waals surface area (Å²) >= 11 is 4.00. The molecule has 4 unspecified atom stereocenters. The number of rotatable bonds is 17. The van der Waals surface area contributed by atoms with Gasteiger partial charge in [0.05, 0.1) is 12.5 Å². The molecule has 4 atom stereocenters. The first-order valence-electron chi connectivity index (χ1n) is 10.4. The molecule has 0 saturated carbocycles. The summed E-state index contributed by atoms with van der Waals surface area (Å²) in [4.78, 5) is 74.7. The van der Waals surface area contributed by atoms with Gasteiger partial charge >= 0.3 is 5.97 Å². The summed E-state index contributed by atoms with van der Waals surface area (Å²) in [5.74, 6) is -5.91. The molecule has 35 heavy (non-hydrogen) atoms. The number of carboxylic acids is 1. The fourth-order valence-electron chi connectivity index (χ4n) is 2.64. The SMILES string of the molecule is NC(=O)CCC(NC(=O)C(CS)NC(=O)C(CCCN=C(N)N)NC(=O)C(N)CC(N)=O)C(=O)O. The summed E-state index contributed by atoms with van der Waals surface area (Å²) in [5, 5.41) is 16.2. The van der Waals surface area contributed by atoms with Gasteiger partial charge in [-0.2, -0.15) is 12.6 Å². The zero-order valence-corrected chi connectivity index (χ0v) is 19.8. The van der Waals surface area contributed by atoms with Gasteiger partial charge in [0.2, 0.25) is 29.5 Å². The van der Waals surface area contributed by atoms with Crippen LogP contribution in [0.25, 0.3) is 0 Å². The van der Waals surface area contributed by atoms with Crippen LogP contribution in [-0.4, -0.2) is 83.0 Å². The molecule has 17 heteroatoms. The van der Waals surface area contributed by atoms with Crippen molar-refractivity contribution in [2.45, 2.75) is 56.3 Å². The molecular weight excluding hydrogens is 486 g/mol. The summed E-state index contributed by atoms with van der Waals surface area (Å²) in [5.41, 5.74) is 26.1. The van der Waals surface area contributed by atoms with Crippen LogP contribution in [0.3, 0.4) is 0 Å². The molecular formula is C18H33N9O7S. The van der Waals surface area contributed by atoms with Crippen LogP contribution >= 0.6 is 12.6 Å². The van der Waals surface area contributed by atoms with Gasteiger partial charge in [0.25, 0.3) is 0 Å². The smallest absolute Gasteiger partial charge is 0.326 e. The van der Waals surface area contributed by atoms with Crippen molar-refractivity contribution in [3.8, 4) is 0 Å². The maximum atomic E-state index is 12.8.